The number of H-pyrrole nitrogens is 2. The third-order valence-electron chi connectivity index (χ3n) is 9.28. The summed E-state index contributed by atoms with van der Waals surface area (Å²) in [6.07, 6.45) is -6.09. The number of alkyl halides is 5. The molecule has 3 aromatic heterocycles. The van der Waals surface area contributed by atoms with Crippen molar-refractivity contribution in [1.29, 1.82) is 0 Å². The van der Waals surface area contributed by atoms with Crippen molar-refractivity contribution in [2.24, 2.45) is 5.92 Å². The van der Waals surface area contributed by atoms with Gasteiger partial charge in [-0.05, 0) is 74.4 Å². The maximum Gasteiger partial charge on any atom is 0.435 e. The van der Waals surface area contributed by atoms with Gasteiger partial charge in [0.1, 0.15) is 35.2 Å². The van der Waals surface area contributed by atoms with E-state index in [4.69, 9.17) is 0 Å². The van der Waals surface area contributed by atoms with Gasteiger partial charge in [-0.25, -0.2) is 18.6 Å². The van der Waals surface area contributed by atoms with Gasteiger partial charge in [-0.1, -0.05) is 18.1 Å². The number of carbonyl (C=O) groups excluding carboxylic acids is 1. The van der Waals surface area contributed by atoms with Gasteiger partial charge in [0.15, 0.2) is 11.5 Å². The van der Waals surface area contributed by atoms with E-state index in [1.807, 2.05) is 0 Å². The number of para-hydroxylation sites is 1. The van der Waals surface area contributed by atoms with Crippen LogP contribution < -0.4 is 11.2 Å². The summed E-state index contributed by atoms with van der Waals surface area (Å²) in [4.78, 5) is 48.3. The number of halogens is 7. The third kappa shape index (κ3) is 6.88. The molecule has 0 radical (unpaired) electrons. The molecule has 9 nitrogen and oxygen atoms in total. The van der Waals surface area contributed by atoms with Gasteiger partial charge in [0.2, 0.25) is 0 Å². The number of aliphatic hydroxyl groups is 1. The first-order chi connectivity index (χ1) is 24.8. The molecular formula is C37H28F7N5O4. The van der Waals surface area contributed by atoms with Gasteiger partial charge in [-0.15, -0.1) is 0 Å². The van der Waals surface area contributed by atoms with Crippen LogP contribution in [-0.2, 0) is 29.9 Å². The minimum absolute atomic E-state index is 0.0486. The Kier molecular flexibility index (Phi) is 8.48. The van der Waals surface area contributed by atoms with E-state index in [-0.39, 0.29) is 51.8 Å². The summed E-state index contributed by atoms with van der Waals surface area (Å²) >= 11 is 0. The largest absolute Gasteiger partial charge is 0.435 e. The summed E-state index contributed by atoms with van der Waals surface area (Å²) in [5.74, 6) is -4.57. The molecule has 2 aromatic carbocycles. The molecular weight excluding hydrogens is 711 g/mol. The van der Waals surface area contributed by atoms with Gasteiger partial charge in [-0.2, -0.15) is 27.1 Å². The summed E-state index contributed by atoms with van der Waals surface area (Å²) in [6.45, 7) is 1.86. The number of hydrogen-bond acceptors (Lipinski definition) is 6. The summed E-state index contributed by atoms with van der Waals surface area (Å²) in [6, 6.07) is 10.1. The van der Waals surface area contributed by atoms with E-state index in [9.17, 15) is 41.4 Å². The lowest BCUT2D eigenvalue weighted by molar-refractivity contribution is -0.142. The van der Waals surface area contributed by atoms with E-state index in [0.29, 0.717) is 10.7 Å². The normalized spacial score (nSPS) is 17.9. The predicted octanol–water partition coefficient (Wildman–Crippen LogP) is 6.09. The predicted molar refractivity (Wildman–Crippen MR) is 176 cm³/mol. The maximum atomic E-state index is 15.3. The molecule has 2 aliphatic rings. The van der Waals surface area contributed by atoms with Crippen molar-refractivity contribution in [3.05, 3.63) is 115 Å². The number of nitrogens with one attached hydrogen (secondary N) is 2. The molecule has 2 aliphatic carbocycles. The molecule has 1 fully saturated rings. The highest BCUT2D eigenvalue weighted by molar-refractivity contribution is 5.94. The van der Waals surface area contributed by atoms with Crippen molar-refractivity contribution in [3.8, 4) is 23.0 Å². The number of aromatic amines is 2. The van der Waals surface area contributed by atoms with Gasteiger partial charge < -0.3 is 10.1 Å². The molecule has 0 saturated heterocycles. The first-order valence-corrected chi connectivity index (χ1v) is 16.3. The lowest BCUT2D eigenvalue weighted by atomic mass is 9.86. The number of carbonyl (C=O) groups is 1. The molecule has 0 bridgehead atoms. The fraction of sp³-hybridized carbons (Fsp3) is 0.324. The zero-order chi connectivity index (χ0) is 38.2. The second-order valence-electron chi connectivity index (χ2n) is 13.8. The van der Waals surface area contributed by atoms with Gasteiger partial charge in [0.05, 0.1) is 16.6 Å². The van der Waals surface area contributed by atoms with Crippen LogP contribution >= 0.6 is 0 Å². The summed E-state index contributed by atoms with van der Waals surface area (Å²) in [5, 5.41) is 13.7. The van der Waals surface area contributed by atoms with Crippen LogP contribution in [0, 0.1) is 29.4 Å². The standard InChI is InChI=1S/C37H28F7N5O4/c1-35(2,53)9-8-21-6-7-24(23-4-3-5-25-30(23)46-34(52)47-33(25)51)29(45-21)18(10-17-11-19(38)14-20(39)12-17)13-22(50)16-49-32-28(31(48-49)37(42,43)44)26-15-27(26)36(32,40)41/h3-7,11-12,14,18,26-27,53H,10,13,15-16H2,1-2H3,(H2,46,47,51,52)/t18-,26+,27-/m1/s1. The number of Topliss-reactive ketones (excluding diaryl/α,β-unsaturated/α-hetero) is 1. The molecule has 3 N–H and O–H groups in total. The second-order valence-corrected chi connectivity index (χ2v) is 13.8. The lowest BCUT2D eigenvalue weighted by Gasteiger charge is -2.21. The highest BCUT2D eigenvalue weighted by Gasteiger charge is 2.68. The Bertz CT molecular complexity index is 2480. The lowest BCUT2D eigenvalue weighted by Crippen LogP contribution is -2.24. The van der Waals surface area contributed by atoms with Gasteiger partial charge >= 0.3 is 11.9 Å². The van der Waals surface area contributed by atoms with Gasteiger partial charge in [0, 0.05) is 41.0 Å². The zero-order valence-electron chi connectivity index (χ0n) is 27.8. The molecule has 1 saturated carbocycles. The first-order valence-electron chi connectivity index (χ1n) is 16.3. The smallest absolute Gasteiger partial charge is 0.378 e. The molecule has 274 valence electrons. The second kappa shape index (κ2) is 12.5. The number of hydrogen-bond donors (Lipinski definition) is 3. The minimum atomic E-state index is -5.06. The van der Waals surface area contributed by atoms with Crippen LogP contribution in [0.15, 0.2) is 58.1 Å². The third-order valence-corrected chi connectivity index (χ3v) is 9.28. The number of aromatic nitrogens is 5. The average molecular weight is 740 g/mol. The molecule has 0 spiro atoms. The van der Waals surface area contributed by atoms with E-state index >= 15 is 8.78 Å². The van der Waals surface area contributed by atoms with Crippen molar-refractivity contribution in [2.45, 2.75) is 69.2 Å². The Labute approximate surface area is 294 Å². The molecule has 0 unspecified atom stereocenters. The zero-order valence-corrected chi connectivity index (χ0v) is 27.8. The summed E-state index contributed by atoms with van der Waals surface area (Å²) < 4.78 is 102. The molecule has 5 aromatic rings. The van der Waals surface area contributed by atoms with Crippen LogP contribution in [0.4, 0.5) is 30.7 Å². The Morgan fingerprint density at radius 1 is 1.06 bits per heavy atom. The number of benzene rings is 2. The Morgan fingerprint density at radius 2 is 1.77 bits per heavy atom. The molecule has 16 heteroatoms. The van der Waals surface area contributed by atoms with Crippen molar-refractivity contribution in [1.82, 2.24) is 24.7 Å². The van der Waals surface area contributed by atoms with Crippen LogP contribution in [0.25, 0.3) is 22.0 Å². The van der Waals surface area contributed by atoms with Crippen LogP contribution in [0.2, 0.25) is 0 Å². The van der Waals surface area contributed by atoms with E-state index in [2.05, 4.69) is 31.9 Å². The highest BCUT2D eigenvalue weighted by Crippen LogP contribution is 2.68. The Balaban J connectivity index is 1.37. The molecule has 3 heterocycles. The monoisotopic (exact) mass is 739 g/mol. The highest BCUT2D eigenvalue weighted by atomic mass is 19.4. The van der Waals surface area contributed by atoms with E-state index in [0.717, 1.165) is 12.1 Å². The number of nitrogens with zero attached hydrogens (tertiary/aromatic N) is 3. The van der Waals surface area contributed by atoms with Crippen molar-refractivity contribution >= 4 is 16.7 Å². The average Bonchev–Trinajstić information content (AvgIpc) is 3.70. The maximum absolute atomic E-state index is 15.3. The van der Waals surface area contributed by atoms with Crippen molar-refractivity contribution in [2.75, 3.05) is 0 Å². The van der Waals surface area contributed by atoms with Gasteiger partial charge in [-0.3, -0.25) is 19.3 Å². The van der Waals surface area contributed by atoms with Crippen LogP contribution in [0.3, 0.4) is 0 Å². The topological polar surface area (TPSA) is 134 Å². The fourth-order valence-corrected chi connectivity index (χ4v) is 7.09. The molecule has 7 rings (SSSR count). The SMILES string of the molecule is CC(C)(O)C#Cc1ccc(-c2cccc3c(=O)[nH]c(=O)[nH]c23)c([C@@H](CC(=O)Cn2nc(C(F)(F)F)c3c2C(F)(F)[C@@H]2C[C@H]32)Cc2cc(F)cc(F)c2)n1. The van der Waals surface area contributed by atoms with E-state index < -0.39 is 94.0 Å². The molecule has 53 heavy (non-hydrogen) atoms. The van der Waals surface area contributed by atoms with Crippen LogP contribution in [-0.4, -0.2) is 41.2 Å². The van der Waals surface area contributed by atoms with Gasteiger partial charge in [0.25, 0.3) is 11.5 Å². The number of rotatable bonds is 8. The Morgan fingerprint density at radius 3 is 2.45 bits per heavy atom. The minimum Gasteiger partial charge on any atom is -0.378 e. The van der Waals surface area contributed by atoms with Crippen LogP contribution in [0.5, 0.6) is 0 Å². The summed E-state index contributed by atoms with van der Waals surface area (Å²) in [5.41, 5.74) is -5.35. The van der Waals surface area contributed by atoms with E-state index in [1.54, 1.807) is 6.07 Å². The molecule has 3 atom stereocenters. The number of ketones is 1. The molecule has 0 aliphatic heterocycles. The Hall–Kier alpha value is -5.56. The number of fused-ring (bicyclic) bond motifs is 4. The van der Waals surface area contributed by atoms with Crippen molar-refractivity contribution in [3.63, 3.8) is 0 Å². The fourth-order valence-electron chi connectivity index (χ4n) is 7.09. The quantitative estimate of drug-likeness (QED) is 0.130. The van der Waals surface area contributed by atoms with Crippen molar-refractivity contribution < 1.29 is 40.6 Å². The van der Waals surface area contributed by atoms with Crippen LogP contribution in [0.1, 0.15) is 72.4 Å². The molecule has 0 amide bonds. The summed E-state index contributed by atoms with van der Waals surface area (Å²) in [7, 11) is 0. The van der Waals surface area contributed by atoms with E-state index in [1.165, 1.54) is 38.1 Å². The first kappa shape index (κ1) is 35.8. The number of pyridine rings is 1.